The third kappa shape index (κ3) is 44.3. The van der Waals surface area contributed by atoms with E-state index in [1.807, 2.05) is 91.9 Å². The van der Waals surface area contributed by atoms with Gasteiger partial charge < -0.3 is 0 Å². The molecular weight excluding hydrogens is 987 g/mol. The maximum absolute atomic E-state index is 3.97. The predicted molar refractivity (Wildman–Crippen MR) is 359 cm³/mol. The number of nitrogens with zero attached hydrogens (tertiary/aromatic N) is 13. The molecular formula is C67H95N13. The van der Waals surface area contributed by atoms with E-state index in [0.717, 1.165) is 99.5 Å². The minimum absolute atomic E-state index is 0.784. The van der Waals surface area contributed by atoms with E-state index in [4.69, 9.17) is 0 Å². The Bertz CT molecular complexity index is 2290. The Morgan fingerprint density at radius 2 is 0.863 bits per heavy atom. The minimum Gasteiger partial charge on any atom is -0.269 e. The molecule has 0 aromatic rings. The summed E-state index contributed by atoms with van der Waals surface area (Å²) < 4.78 is 0. The highest BCUT2D eigenvalue weighted by atomic mass is 15.2. The maximum atomic E-state index is 3.97. The Kier molecular flexibility index (Phi) is 40.7. The number of aliphatic imine (C=N–C) groups is 9. The molecule has 0 saturated heterocycles. The standard InChI is InChI=1S/2C7H10.2C6H8.5C5H7N.4C4H6N2/c2*1-6-3-4-7(2)5-6;2*1-6-4-2-3-5-6;2*1-5-2-3-6-4-5;3*1-5-3-2-4-6-5;1-4-2-5-3-6-4;1-4-5-2-3-6-4;2*1-4-2-3-5-6-4/h2*3-4H,5H2,1-2H3;2*2,4-5H,3H2,1H3;3*3-4H,2H2,1H3;2*2,4H,3H2,1H3;3H,2H2,1H3;2H,3H2,1H3;2*3H,2H2,1H3. The summed E-state index contributed by atoms with van der Waals surface area (Å²) in [6.45, 7) is 32.5. The van der Waals surface area contributed by atoms with Gasteiger partial charge in [-0.25, -0.2) is 9.98 Å². The number of hydrogen-bond donors (Lipinski definition) is 0. The van der Waals surface area contributed by atoms with Gasteiger partial charge in [0.25, 0.3) is 0 Å². The molecule has 0 fully saturated rings. The van der Waals surface area contributed by atoms with Gasteiger partial charge in [-0.1, -0.05) is 112 Å². The van der Waals surface area contributed by atoms with Crippen molar-refractivity contribution >= 4 is 78.0 Å². The van der Waals surface area contributed by atoms with Crippen molar-refractivity contribution in [2.75, 3.05) is 13.1 Å². The van der Waals surface area contributed by atoms with Crippen LogP contribution in [-0.2, 0) is 0 Å². The number of hydrogen-bond acceptors (Lipinski definition) is 13. The quantitative estimate of drug-likeness (QED) is 0.226. The van der Waals surface area contributed by atoms with E-state index in [1.54, 1.807) is 25.0 Å². The predicted octanol–water partition coefficient (Wildman–Crippen LogP) is 17.8. The van der Waals surface area contributed by atoms with Crippen LogP contribution in [0.4, 0.5) is 0 Å². The molecule has 0 aromatic carbocycles. The first kappa shape index (κ1) is 70.3. The minimum atomic E-state index is 0.784. The smallest absolute Gasteiger partial charge is 0.120 e. The number of allylic oxidation sites excluding steroid dienone is 22. The zero-order valence-electron chi connectivity index (χ0n) is 51.4. The summed E-state index contributed by atoms with van der Waals surface area (Å²) >= 11 is 0. The molecule has 0 saturated carbocycles. The van der Waals surface area contributed by atoms with E-state index in [2.05, 4.69) is 200 Å². The summed E-state index contributed by atoms with van der Waals surface area (Å²) in [6.07, 6.45) is 59.9. The average Bonchev–Trinajstić information content (AvgIpc) is 4.24. The molecule has 428 valence electrons. The first-order chi connectivity index (χ1) is 38.4. The molecule has 9 aliphatic heterocycles. The van der Waals surface area contributed by atoms with Crippen LogP contribution in [-0.4, -0.2) is 91.1 Å². The Morgan fingerprint density at radius 3 is 0.963 bits per heavy atom. The molecule has 13 nitrogen and oxygen atoms in total. The van der Waals surface area contributed by atoms with E-state index >= 15 is 0 Å². The third-order valence-electron chi connectivity index (χ3n) is 11.2. The largest absolute Gasteiger partial charge is 0.269 e. The highest BCUT2D eigenvalue weighted by Gasteiger charge is 1.98. The maximum Gasteiger partial charge on any atom is 0.120 e. The van der Waals surface area contributed by atoms with E-state index in [0.29, 0.717) is 0 Å². The van der Waals surface area contributed by atoms with Crippen LogP contribution in [0, 0.1) is 0 Å². The highest BCUT2D eigenvalue weighted by Crippen LogP contribution is 2.17. The van der Waals surface area contributed by atoms with Crippen LogP contribution in [0.5, 0.6) is 0 Å². The third-order valence-corrected chi connectivity index (χ3v) is 11.2. The van der Waals surface area contributed by atoms with E-state index in [9.17, 15) is 0 Å². The number of rotatable bonds is 0. The normalized spacial score (nSPS) is 18.6. The van der Waals surface area contributed by atoms with Crippen molar-refractivity contribution in [2.24, 2.45) is 65.3 Å². The summed E-state index contributed by atoms with van der Waals surface area (Å²) in [5, 5.41) is 14.7. The van der Waals surface area contributed by atoms with Gasteiger partial charge in [0, 0.05) is 141 Å². The molecule has 0 amide bonds. The summed E-state index contributed by atoms with van der Waals surface area (Å²) in [6, 6.07) is 0. The summed E-state index contributed by atoms with van der Waals surface area (Å²) in [5.41, 5.74) is 18.3. The van der Waals surface area contributed by atoms with Crippen LogP contribution in [0.3, 0.4) is 0 Å². The van der Waals surface area contributed by atoms with Crippen molar-refractivity contribution in [3.63, 3.8) is 0 Å². The second-order valence-corrected chi connectivity index (χ2v) is 20.1. The van der Waals surface area contributed by atoms with Crippen molar-refractivity contribution in [3.8, 4) is 0 Å². The molecule has 13 heteroatoms. The Morgan fingerprint density at radius 1 is 0.388 bits per heavy atom. The van der Waals surface area contributed by atoms with Gasteiger partial charge in [-0.2, -0.15) is 20.4 Å². The van der Waals surface area contributed by atoms with Gasteiger partial charge in [-0.05, 0) is 141 Å². The van der Waals surface area contributed by atoms with Crippen molar-refractivity contribution in [1.82, 2.24) is 0 Å². The van der Waals surface area contributed by atoms with Crippen LogP contribution < -0.4 is 0 Å². The Hall–Kier alpha value is -7.67. The van der Waals surface area contributed by atoms with Gasteiger partial charge in [0.15, 0.2) is 0 Å². The lowest BCUT2D eigenvalue weighted by Crippen LogP contribution is -1.87. The van der Waals surface area contributed by atoms with Crippen molar-refractivity contribution in [3.05, 3.63) is 154 Å². The van der Waals surface area contributed by atoms with Crippen LogP contribution >= 0.6 is 0 Å². The van der Waals surface area contributed by atoms with Gasteiger partial charge in [0.1, 0.15) is 12.2 Å². The van der Waals surface area contributed by atoms with Crippen LogP contribution in [0.15, 0.2) is 219 Å². The second kappa shape index (κ2) is 46.3. The van der Waals surface area contributed by atoms with E-state index in [1.165, 1.54) is 68.8 Å². The lowest BCUT2D eigenvalue weighted by atomic mass is 10.2. The lowest BCUT2D eigenvalue weighted by molar-refractivity contribution is 1.15. The monoisotopic (exact) mass is 1080 g/mol. The molecule has 0 N–H and O–H groups in total. The molecule has 9 heterocycles. The summed E-state index contributed by atoms with van der Waals surface area (Å²) in [7, 11) is 0. The molecule has 0 atom stereocenters. The van der Waals surface area contributed by atoms with Crippen LogP contribution in [0.1, 0.15) is 174 Å². The highest BCUT2D eigenvalue weighted by molar-refractivity contribution is 5.97. The Balaban J connectivity index is 0.000000433. The van der Waals surface area contributed by atoms with Crippen molar-refractivity contribution in [2.45, 2.75) is 174 Å². The van der Waals surface area contributed by atoms with Gasteiger partial charge in [-0.3, -0.25) is 34.9 Å². The van der Waals surface area contributed by atoms with E-state index in [-0.39, 0.29) is 0 Å². The second-order valence-electron chi connectivity index (χ2n) is 20.1. The fraction of sp³-hybridized carbons (Fsp3) is 0.418. The first-order valence-corrected chi connectivity index (χ1v) is 27.8. The molecule has 0 radical (unpaired) electrons. The molecule has 0 bridgehead atoms. The van der Waals surface area contributed by atoms with Crippen LogP contribution in [0.25, 0.3) is 0 Å². The fourth-order valence-electron chi connectivity index (χ4n) is 6.53. The van der Waals surface area contributed by atoms with Crippen molar-refractivity contribution in [1.29, 1.82) is 0 Å². The zero-order chi connectivity index (χ0) is 59.0. The zero-order valence-corrected chi connectivity index (χ0v) is 51.4. The average molecular weight is 1080 g/mol. The molecule has 13 rings (SSSR count). The van der Waals surface area contributed by atoms with E-state index < -0.39 is 0 Å². The van der Waals surface area contributed by atoms with Crippen LogP contribution in [0.2, 0.25) is 0 Å². The SMILES string of the molecule is CC1=CC=C(C)C1.CC1=CC=C(C)C1.CC1=CCC=C1.CC1=CCC=C1.CC1=CCC=N1.CC1=CN=CC1.CC1=CN=CC1.CC1=NC=CC1.CC1=NC=CC1.CC1=NC=NC1.CC1=NCC=N1.CC1=NN=CC1.CC1=NN=CC1. The molecule has 0 spiro atoms. The summed E-state index contributed by atoms with van der Waals surface area (Å²) in [5.74, 6) is 0.898. The molecule has 0 aromatic heterocycles. The van der Waals surface area contributed by atoms with Gasteiger partial charge >= 0.3 is 0 Å². The van der Waals surface area contributed by atoms with Gasteiger partial charge in [0.2, 0.25) is 0 Å². The molecule has 0 unspecified atom stereocenters. The van der Waals surface area contributed by atoms with Gasteiger partial charge in [-0.15, -0.1) is 0 Å². The first-order valence-electron chi connectivity index (χ1n) is 27.8. The molecule has 13 aliphatic rings. The van der Waals surface area contributed by atoms with Crippen molar-refractivity contribution < 1.29 is 0 Å². The summed E-state index contributed by atoms with van der Waals surface area (Å²) in [4.78, 5) is 35.2. The van der Waals surface area contributed by atoms with Gasteiger partial charge in [0.05, 0.1) is 13.1 Å². The lowest BCUT2D eigenvalue weighted by Gasteiger charge is -1.87. The topological polar surface area (TPSA) is 161 Å². The Labute approximate surface area is 482 Å². The molecule has 80 heavy (non-hydrogen) atoms. The fourth-order valence-corrected chi connectivity index (χ4v) is 6.53. The molecule has 4 aliphatic carbocycles. The number of amidine groups is 1.